The van der Waals surface area contributed by atoms with Crippen molar-refractivity contribution >= 4 is 57.2 Å². The van der Waals surface area contributed by atoms with Crippen LogP contribution >= 0.6 is 0 Å². The van der Waals surface area contributed by atoms with Crippen LogP contribution in [0.2, 0.25) is 0 Å². The monoisotopic (exact) mass is 844 g/mol. The third kappa shape index (κ3) is 4.68. The summed E-state index contributed by atoms with van der Waals surface area (Å²) in [6.45, 7) is 14.5. The van der Waals surface area contributed by atoms with E-state index in [1.807, 2.05) is 0 Å². The summed E-state index contributed by atoms with van der Waals surface area (Å²) < 4.78 is 0. The maximum absolute atomic E-state index is 2.74. The highest BCUT2D eigenvalue weighted by atomic mass is 15.2. The lowest BCUT2D eigenvalue weighted by Crippen LogP contribution is -2.55. The highest BCUT2D eigenvalue weighted by Gasteiger charge is 2.50. The van der Waals surface area contributed by atoms with Crippen molar-refractivity contribution in [1.29, 1.82) is 0 Å². The number of fused-ring (bicyclic) bond motifs is 16. The molecule has 3 aliphatic carbocycles. The molecule has 0 atom stereocenters. The van der Waals surface area contributed by atoms with Gasteiger partial charge in [0.05, 0.1) is 5.69 Å². The van der Waals surface area contributed by atoms with E-state index in [-0.39, 0.29) is 23.0 Å². The molecule has 0 bridgehead atoms. The largest absolute Gasteiger partial charge is 0.310 e. The molecule has 14 rings (SSSR count). The number of hydrogen-bond donors (Lipinski definition) is 0. The first-order valence-electron chi connectivity index (χ1n) is 23.7. The molecular weight excluding hydrogens is 796 g/mol. The molecule has 9 aromatic rings. The summed E-state index contributed by atoms with van der Waals surface area (Å²) in [6.07, 6.45) is 0. The van der Waals surface area contributed by atoms with Gasteiger partial charge in [-0.25, -0.2) is 0 Å². The van der Waals surface area contributed by atoms with E-state index in [1.54, 1.807) is 0 Å². The predicted molar refractivity (Wildman–Crippen MR) is 279 cm³/mol. The van der Waals surface area contributed by atoms with Gasteiger partial charge in [-0.15, -0.1) is 0 Å². The molecule has 0 N–H and O–H groups in total. The highest BCUT2D eigenvalue weighted by molar-refractivity contribution is 7.01. The minimum atomic E-state index is -0.172. The van der Waals surface area contributed by atoms with Crippen LogP contribution in [0.25, 0.3) is 44.5 Å². The molecule has 0 spiro atoms. The average Bonchev–Trinajstić information content (AvgIpc) is 3.97. The standard InChI is InChI=1S/C63H49BN2/c1-61(2)45-27-16-13-24-41(45)55-48(61)30-19-31-53(55)66-54-37-40(65(38-20-9-7-10-21-38)39-22-11-8-12-23-39)36-44-58-51(34-32-49-56(58)42-25-14-17-28-46(42)62(49,3)4)64(59(44)54)52-35-33-50-57(60(52)66)43-26-15-18-29-47(43)63(50,5)6/h7-37H,1-6H3. The number of rotatable bonds is 4. The van der Waals surface area contributed by atoms with Gasteiger partial charge >= 0.3 is 0 Å². The summed E-state index contributed by atoms with van der Waals surface area (Å²) in [6, 6.07) is 71.6. The zero-order chi connectivity index (χ0) is 44.4. The topological polar surface area (TPSA) is 6.48 Å². The third-order valence-electron chi connectivity index (χ3n) is 16.4. The van der Waals surface area contributed by atoms with Crippen LogP contribution in [0.5, 0.6) is 0 Å². The Bertz CT molecular complexity index is 3540. The molecule has 314 valence electrons. The summed E-state index contributed by atoms with van der Waals surface area (Å²) in [7, 11) is 0. The van der Waals surface area contributed by atoms with E-state index in [0.29, 0.717) is 0 Å². The second-order valence-electron chi connectivity index (χ2n) is 20.8. The summed E-state index contributed by atoms with van der Waals surface area (Å²) in [4.78, 5) is 5.21. The molecule has 0 radical (unpaired) electrons. The lowest BCUT2D eigenvalue weighted by molar-refractivity contribution is 0.660. The quantitative estimate of drug-likeness (QED) is 0.163. The Labute approximate surface area is 388 Å². The summed E-state index contributed by atoms with van der Waals surface area (Å²) in [5.41, 5.74) is 30.1. The molecule has 0 amide bonds. The van der Waals surface area contributed by atoms with Crippen LogP contribution < -0.4 is 26.2 Å². The molecule has 2 aliphatic heterocycles. The molecule has 0 saturated carbocycles. The van der Waals surface area contributed by atoms with Crippen molar-refractivity contribution in [1.82, 2.24) is 0 Å². The van der Waals surface area contributed by atoms with E-state index in [4.69, 9.17) is 0 Å². The fourth-order valence-electron chi connectivity index (χ4n) is 13.4. The lowest BCUT2D eigenvalue weighted by atomic mass is 9.36. The molecule has 0 saturated heterocycles. The average molecular weight is 845 g/mol. The SMILES string of the molecule is CC1(C)c2ccccc2-c2c(N3c4cc(N(c5ccccc5)c5ccccc5)cc5c4B(c4ccc6c(c4-5)-c4ccccc4C6(C)C)c4ccc5c(c43)-c3ccccc3C5(C)C)cccc21. The molecule has 0 aromatic heterocycles. The van der Waals surface area contributed by atoms with Gasteiger partial charge in [-0.1, -0.05) is 193 Å². The van der Waals surface area contributed by atoms with Gasteiger partial charge in [-0.05, 0) is 120 Å². The number of anilines is 6. The third-order valence-corrected chi connectivity index (χ3v) is 16.4. The first kappa shape index (κ1) is 38.0. The van der Waals surface area contributed by atoms with E-state index in [0.717, 1.165) is 17.1 Å². The van der Waals surface area contributed by atoms with Gasteiger partial charge in [-0.2, -0.15) is 0 Å². The van der Waals surface area contributed by atoms with Gasteiger partial charge in [0.25, 0.3) is 0 Å². The van der Waals surface area contributed by atoms with Gasteiger partial charge < -0.3 is 9.80 Å². The number of nitrogens with zero attached hydrogens (tertiary/aromatic N) is 2. The molecule has 66 heavy (non-hydrogen) atoms. The summed E-state index contributed by atoms with van der Waals surface area (Å²) in [5.74, 6) is 0. The molecular formula is C63H49BN2. The lowest BCUT2D eigenvalue weighted by Gasteiger charge is -2.40. The first-order chi connectivity index (χ1) is 32.1. The highest BCUT2D eigenvalue weighted by Crippen LogP contribution is 2.60. The molecule has 2 heterocycles. The Kier molecular flexibility index (Phi) is 7.43. The van der Waals surface area contributed by atoms with Crippen LogP contribution in [0.1, 0.15) is 74.9 Å². The van der Waals surface area contributed by atoms with Gasteiger partial charge in [-0.3, -0.25) is 0 Å². The van der Waals surface area contributed by atoms with Crippen molar-refractivity contribution < 1.29 is 0 Å². The smallest absolute Gasteiger partial charge is 0.248 e. The van der Waals surface area contributed by atoms with Gasteiger partial charge in [0.1, 0.15) is 0 Å². The van der Waals surface area contributed by atoms with Crippen LogP contribution in [0.3, 0.4) is 0 Å². The number of benzene rings is 9. The summed E-state index contributed by atoms with van der Waals surface area (Å²) in [5, 5.41) is 0. The maximum Gasteiger partial charge on any atom is 0.248 e. The fourth-order valence-corrected chi connectivity index (χ4v) is 13.4. The Morgan fingerprint density at radius 3 is 1.41 bits per heavy atom. The number of hydrogen-bond acceptors (Lipinski definition) is 2. The second-order valence-corrected chi connectivity index (χ2v) is 20.8. The van der Waals surface area contributed by atoms with Crippen molar-refractivity contribution in [3.63, 3.8) is 0 Å². The van der Waals surface area contributed by atoms with Crippen LogP contribution in [-0.2, 0) is 16.2 Å². The Morgan fingerprint density at radius 1 is 0.348 bits per heavy atom. The van der Waals surface area contributed by atoms with E-state index < -0.39 is 0 Å². The zero-order valence-electron chi connectivity index (χ0n) is 38.4. The Morgan fingerprint density at radius 2 is 0.818 bits per heavy atom. The number of para-hydroxylation sites is 2. The molecule has 3 heteroatoms. The van der Waals surface area contributed by atoms with Crippen molar-refractivity contribution in [3.8, 4) is 44.5 Å². The maximum atomic E-state index is 2.74. The van der Waals surface area contributed by atoms with E-state index >= 15 is 0 Å². The van der Waals surface area contributed by atoms with Crippen molar-refractivity contribution in [2.75, 3.05) is 9.80 Å². The van der Waals surface area contributed by atoms with Crippen LogP contribution in [0.4, 0.5) is 34.1 Å². The molecule has 2 nitrogen and oxygen atoms in total. The van der Waals surface area contributed by atoms with E-state index in [1.165, 1.54) is 111 Å². The molecule has 0 fully saturated rings. The van der Waals surface area contributed by atoms with E-state index in [2.05, 4.69) is 239 Å². The van der Waals surface area contributed by atoms with Crippen molar-refractivity contribution in [2.45, 2.75) is 57.8 Å². The predicted octanol–water partition coefficient (Wildman–Crippen LogP) is 14.4. The minimum Gasteiger partial charge on any atom is -0.310 e. The Balaban J connectivity index is 1.17. The van der Waals surface area contributed by atoms with Gasteiger partial charge in [0.15, 0.2) is 0 Å². The fraction of sp³-hybridized carbons (Fsp3) is 0.143. The molecule has 0 unspecified atom stereocenters. The van der Waals surface area contributed by atoms with Crippen LogP contribution in [0.15, 0.2) is 188 Å². The second kappa shape index (κ2) is 12.9. The van der Waals surface area contributed by atoms with Crippen LogP contribution in [0, 0.1) is 0 Å². The van der Waals surface area contributed by atoms with Crippen molar-refractivity contribution in [2.24, 2.45) is 0 Å². The van der Waals surface area contributed by atoms with Crippen LogP contribution in [-0.4, -0.2) is 6.71 Å². The zero-order valence-corrected chi connectivity index (χ0v) is 38.4. The summed E-state index contributed by atoms with van der Waals surface area (Å²) >= 11 is 0. The molecule has 9 aromatic carbocycles. The van der Waals surface area contributed by atoms with Crippen molar-refractivity contribution in [3.05, 3.63) is 221 Å². The molecule has 5 aliphatic rings. The van der Waals surface area contributed by atoms with E-state index in [9.17, 15) is 0 Å². The van der Waals surface area contributed by atoms with Gasteiger partial charge in [0.2, 0.25) is 6.71 Å². The normalized spacial score (nSPS) is 16.0. The first-order valence-corrected chi connectivity index (χ1v) is 23.7. The minimum absolute atomic E-state index is 0.0371. The Hall–Kier alpha value is -7.36. The van der Waals surface area contributed by atoms with Gasteiger partial charge in [0, 0.05) is 55.8 Å².